The number of hydrogen-bond donors (Lipinski definition) is 1. The van der Waals surface area contributed by atoms with E-state index in [1.165, 1.54) is 41.5 Å². The van der Waals surface area contributed by atoms with E-state index < -0.39 is 16.9 Å². The molecule has 2 saturated heterocycles. The van der Waals surface area contributed by atoms with Gasteiger partial charge in [-0.25, -0.2) is 8.78 Å². The van der Waals surface area contributed by atoms with Crippen molar-refractivity contribution >= 4 is 57.6 Å². The Morgan fingerprint density at radius 3 is 1.30 bits per heavy atom. The van der Waals surface area contributed by atoms with Gasteiger partial charge in [-0.2, -0.15) is 0 Å². The number of hydrogen-bond acceptors (Lipinski definition) is 5. The summed E-state index contributed by atoms with van der Waals surface area (Å²) in [7, 11) is 0. The van der Waals surface area contributed by atoms with E-state index in [0.717, 1.165) is 48.4 Å². The van der Waals surface area contributed by atoms with Gasteiger partial charge in [0.25, 0.3) is 11.1 Å². The summed E-state index contributed by atoms with van der Waals surface area (Å²) in [6, 6.07) is 46.1. The molecular formula is C48H44Cl4F2N4O2. The van der Waals surface area contributed by atoms with Crippen molar-refractivity contribution in [1.29, 1.82) is 0 Å². The highest BCUT2D eigenvalue weighted by molar-refractivity contribution is 6.67. The third-order valence-corrected chi connectivity index (χ3v) is 11.3. The second kappa shape index (κ2) is 22.3. The van der Waals surface area contributed by atoms with Crippen LogP contribution >= 0.6 is 46.4 Å². The van der Waals surface area contributed by atoms with Gasteiger partial charge in [-0.3, -0.25) is 19.4 Å². The van der Waals surface area contributed by atoms with Gasteiger partial charge < -0.3 is 10.2 Å². The van der Waals surface area contributed by atoms with Crippen molar-refractivity contribution in [2.75, 3.05) is 52.4 Å². The molecule has 8 rings (SSSR count). The highest BCUT2D eigenvalue weighted by atomic mass is 35.5. The number of piperazine rings is 2. The van der Waals surface area contributed by atoms with Crippen LogP contribution in [0, 0.1) is 11.6 Å². The van der Waals surface area contributed by atoms with Crippen molar-refractivity contribution in [2.24, 2.45) is 0 Å². The lowest BCUT2D eigenvalue weighted by atomic mass is 9.96. The Kier molecular flexibility index (Phi) is 16.7. The normalized spacial score (nSPS) is 14.9. The maximum Gasteiger partial charge on any atom is 0.254 e. The van der Waals surface area contributed by atoms with Crippen molar-refractivity contribution in [3.63, 3.8) is 0 Å². The van der Waals surface area contributed by atoms with Crippen molar-refractivity contribution in [3.8, 4) is 0 Å². The van der Waals surface area contributed by atoms with Gasteiger partial charge >= 0.3 is 0 Å². The number of carbonyl (C=O) groups is 2. The van der Waals surface area contributed by atoms with Gasteiger partial charge in [0.2, 0.25) is 0 Å². The van der Waals surface area contributed by atoms with Crippen LogP contribution in [0.3, 0.4) is 0 Å². The number of amides is 1. The summed E-state index contributed by atoms with van der Waals surface area (Å²) in [4.78, 5) is 29.8. The van der Waals surface area contributed by atoms with Crippen molar-refractivity contribution in [3.05, 3.63) is 212 Å². The van der Waals surface area contributed by atoms with Crippen LogP contribution in [-0.4, -0.2) is 78.2 Å². The SMILES string of the molecule is Clc1ccc(C(c2ccccc2)N2CCNCC2)cc1.O=C(Cl)c1cccc(F)c1.O=C(c1cccc(F)c1)N1CCN(C(c2ccc(Cl)cc2)c2ccc(Cl)cc2)CC1. The average molecular weight is 889 g/mol. The number of rotatable bonds is 8. The van der Waals surface area contributed by atoms with Gasteiger partial charge in [-0.05, 0) is 107 Å². The van der Waals surface area contributed by atoms with Crippen molar-refractivity contribution < 1.29 is 18.4 Å². The van der Waals surface area contributed by atoms with E-state index in [-0.39, 0.29) is 17.5 Å². The molecule has 1 atom stereocenters. The molecule has 6 nitrogen and oxygen atoms in total. The van der Waals surface area contributed by atoms with Crippen LogP contribution in [0.4, 0.5) is 8.78 Å². The van der Waals surface area contributed by atoms with Gasteiger partial charge in [0.15, 0.2) is 0 Å². The molecule has 2 aliphatic rings. The van der Waals surface area contributed by atoms with Gasteiger partial charge in [0, 0.05) is 78.6 Å². The summed E-state index contributed by atoms with van der Waals surface area (Å²) in [5.74, 6) is -0.986. The number of nitrogens with one attached hydrogen (secondary N) is 1. The Morgan fingerprint density at radius 2 is 0.883 bits per heavy atom. The third-order valence-electron chi connectivity index (χ3n) is 10.3. The minimum absolute atomic E-state index is 0.0333. The molecule has 0 saturated carbocycles. The average Bonchev–Trinajstić information content (AvgIpc) is 3.27. The predicted molar refractivity (Wildman–Crippen MR) is 239 cm³/mol. The lowest BCUT2D eigenvalue weighted by Gasteiger charge is -2.40. The Morgan fingerprint density at radius 1 is 0.483 bits per heavy atom. The summed E-state index contributed by atoms with van der Waals surface area (Å²) in [6.07, 6.45) is 0. The molecule has 12 heteroatoms. The fourth-order valence-electron chi connectivity index (χ4n) is 7.34. The first kappa shape index (κ1) is 44.9. The van der Waals surface area contributed by atoms with Crippen LogP contribution in [0.15, 0.2) is 152 Å². The maximum absolute atomic E-state index is 13.5. The summed E-state index contributed by atoms with van der Waals surface area (Å²) in [5.41, 5.74) is 5.48. The standard InChI is InChI=1S/C24H21Cl2FN2O.C17H19ClN2.C7H4ClFO/c25-20-8-4-17(5-9-20)23(18-6-10-21(26)11-7-18)28-12-14-29(15-13-28)24(30)19-2-1-3-22(27)16-19;18-16-8-6-15(7-9-16)17(14-4-2-1-3-5-14)20-12-10-19-11-13-20;8-7(10)5-2-1-3-6(9)4-5/h1-11,16,23H,12-15H2;1-9,17,19H,10-13H2;1-4H. The number of halogens is 6. The molecule has 0 aliphatic carbocycles. The van der Waals surface area contributed by atoms with Gasteiger partial charge in [0.05, 0.1) is 12.1 Å². The smallest absolute Gasteiger partial charge is 0.254 e. The third kappa shape index (κ3) is 12.7. The Balaban J connectivity index is 0.000000172. The maximum atomic E-state index is 13.5. The first-order valence-corrected chi connectivity index (χ1v) is 21.1. The zero-order chi connectivity index (χ0) is 42.4. The number of benzene rings is 6. The number of carbonyl (C=O) groups excluding carboxylic acids is 2. The van der Waals surface area contributed by atoms with Crippen molar-refractivity contribution in [2.45, 2.75) is 12.1 Å². The minimum Gasteiger partial charge on any atom is -0.336 e. The molecule has 2 aliphatic heterocycles. The zero-order valence-electron chi connectivity index (χ0n) is 32.7. The lowest BCUT2D eigenvalue weighted by molar-refractivity contribution is 0.0597. The minimum atomic E-state index is -0.639. The molecule has 6 aromatic rings. The predicted octanol–water partition coefficient (Wildman–Crippen LogP) is 11.2. The monoisotopic (exact) mass is 886 g/mol. The van der Waals surface area contributed by atoms with E-state index in [0.29, 0.717) is 47.8 Å². The first-order chi connectivity index (χ1) is 29.0. The molecule has 6 aromatic carbocycles. The molecule has 1 unspecified atom stereocenters. The Hall–Kier alpha value is -4.64. The molecular weight excluding hydrogens is 844 g/mol. The first-order valence-electron chi connectivity index (χ1n) is 19.6. The van der Waals surface area contributed by atoms with E-state index >= 15 is 0 Å². The van der Waals surface area contributed by atoms with Crippen LogP contribution < -0.4 is 5.32 Å². The quantitative estimate of drug-likeness (QED) is 0.154. The van der Waals surface area contributed by atoms with E-state index in [9.17, 15) is 18.4 Å². The molecule has 0 aromatic heterocycles. The van der Waals surface area contributed by atoms with Gasteiger partial charge in [0.1, 0.15) is 11.6 Å². The molecule has 1 amide bonds. The second-order valence-corrected chi connectivity index (χ2v) is 15.9. The molecule has 2 fully saturated rings. The van der Waals surface area contributed by atoms with Crippen LogP contribution in [0.25, 0.3) is 0 Å². The van der Waals surface area contributed by atoms with Crippen LogP contribution in [-0.2, 0) is 0 Å². The van der Waals surface area contributed by atoms with Crippen LogP contribution in [0.5, 0.6) is 0 Å². The van der Waals surface area contributed by atoms with E-state index in [1.54, 1.807) is 17.0 Å². The zero-order valence-corrected chi connectivity index (χ0v) is 35.7. The topological polar surface area (TPSA) is 55.9 Å². The summed E-state index contributed by atoms with van der Waals surface area (Å²) in [5, 5.41) is 4.96. The Bertz CT molecular complexity index is 2240. The molecule has 0 spiro atoms. The lowest BCUT2D eigenvalue weighted by Crippen LogP contribution is -2.49. The molecule has 2 heterocycles. The summed E-state index contributed by atoms with van der Waals surface area (Å²) >= 11 is 23.3. The molecule has 0 radical (unpaired) electrons. The number of nitrogens with zero attached hydrogens (tertiary/aromatic N) is 3. The summed E-state index contributed by atoms with van der Waals surface area (Å²) < 4.78 is 25.8. The Labute approximate surface area is 370 Å². The molecule has 1 N–H and O–H groups in total. The van der Waals surface area contributed by atoms with Gasteiger partial charge in [-0.15, -0.1) is 0 Å². The molecule has 310 valence electrons. The highest BCUT2D eigenvalue weighted by Gasteiger charge is 2.29. The van der Waals surface area contributed by atoms with Gasteiger partial charge in [-0.1, -0.05) is 114 Å². The summed E-state index contributed by atoms with van der Waals surface area (Å²) in [6.45, 7) is 6.81. The van der Waals surface area contributed by atoms with E-state index in [1.807, 2.05) is 60.7 Å². The molecule has 60 heavy (non-hydrogen) atoms. The fraction of sp³-hybridized carbons (Fsp3) is 0.208. The second-order valence-electron chi connectivity index (χ2n) is 14.3. The fourth-order valence-corrected chi connectivity index (χ4v) is 7.83. The van der Waals surface area contributed by atoms with E-state index in [4.69, 9.17) is 46.4 Å². The van der Waals surface area contributed by atoms with Crippen LogP contribution in [0.2, 0.25) is 15.1 Å². The van der Waals surface area contributed by atoms with E-state index in [2.05, 4.69) is 57.6 Å². The van der Waals surface area contributed by atoms with Crippen molar-refractivity contribution in [1.82, 2.24) is 20.0 Å². The van der Waals surface area contributed by atoms with Crippen LogP contribution in [0.1, 0.15) is 55.1 Å². The largest absolute Gasteiger partial charge is 0.336 e. The highest BCUT2D eigenvalue weighted by Crippen LogP contribution is 2.32. The molecule has 0 bridgehead atoms.